The fraction of sp³-hybridized carbons (Fsp3) is 0.900. The predicted octanol–water partition coefficient (Wildman–Crippen LogP) is -0.402. The molecule has 1 fully saturated rings. The zero-order valence-corrected chi connectivity index (χ0v) is 9.66. The molecular formula is C10H20N2O3. The lowest BCUT2D eigenvalue weighted by Crippen LogP contribution is -2.58. The van der Waals surface area contributed by atoms with E-state index in [-0.39, 0.29) is 5.97 Å². The van der Waals surface area contributed by atoms with Gasteiger partial charge in [-0.15, -0.1) is 0 Å². The van der Waals surface area contributed by atoms with Gasteiger partial charge in [0.05, 0.1) is 20.3 Å². The number of morpholine rings is 1. The molecule has 0 spiro atoms. The minimum Gasteiger partial charge on any atom is -0.468 e. The quantitative estimate of drug-likeness (QED) is 0.650. The average molecular weight is 216 g/mol. The van der Waals surface area contributed by atoms with Crippen LogP contribution in [-0.4, -0.2) is 55.9 Å². The molecule has 2 unspecified atom stereocenters. The van der Waals surface area contributed by atoms with Gasteiger partial charge < -0.3 is 15.2 Å². The highest BCUT2D eigenvalue weighted by Gasteiger charge is 2.34. The summed E-state index contributed by atoms with van der Waals surface area (Å²) >= 11 is 0. The Labute approximate surface area is 90.5 Å². The van der Waals surface area contributed by atoms with Crippen molar-refractivity contribution in [1.82, 2.24) is 4.90 Å². The van der Waals surface area contributed by atoms with Crippen LogP contribution in [0, 0.1) is 0 Å². The van der Waals surface area contributed by atoms with Crippen LogP contribution in [0.1, 0.15) is 13.8 Å². The Morgan fingerprint density at radius 3 is 2.93 bits per heavy atom. The Morgan fingerprint density at radius 1 is 1.73 bits per heavy atom. The third-order valence-electron chi connectivity index (χ3n) is 2.69. The number of carbonyl (C=O) groups is 1. The Bertz CT molecular complexity index is 231. The van der Waals surface area contributed by atoms with Crippen LogP contribution < -0.4 is 5.73 Å². The smallest absolute Gasteiger partial charge is 0.326 e. The normalized spacial score (nSPS) is 27.1. The van der Waals surface area contributed by atoms with Crippen molar-refractivity contribution in [2.75, 3.05) is 33.4 Å². The minimum absolute atomic E-state index is 0.297. The van der Waals surface area contributed by atoms with E-state index in [2.05, 4.69) is 16.6 Å². The van der Waals surface area contributed by atoms with Gasteiger partial charge in [-0.05, 0) is 13.8 Å². The molecule has 1 aliphatic rings. The van der Waals surface area contributed by atoms with Crippen molar-refractivity contribution in [3.05, 3.63) is 0 Å². The standard InChI is InChI=1S/C10H20N2O3/c1-8-6-15-5-4-12(8)7-10(2,11)9(13)14-3/h8H,4-7,11H2,1-3H3. The molecule has 0 aliphatic carbocycles. The average Bonchev–Trinajstić information content (AvgIpc) is 2.20. The van der Waals surface area contributed by atoms with Crippen LogP contribution in [0.4, 0.5) is 0 Å². The number of esters is 1. The zero-order chi connectivity index (χ0) is 11.5. The lowest BCUT2D eigenvalue weighted by molar-refractivity contribution is -0.148. The Kier molecular flexibility index (Phi) is 4.07. The first-order chi connectivity index (χ1) is 6.97. The largest absolute Gasteiger partial charge is 0.468 e. The molecule has 0 amide bonds. The van der Waals surface area contributed by atoms with Crippen molar-refractivity contribution in [3.8, 4) is 0 Å². The minimum atomic E-state index is -0.944. The fourth-order valence-corrected chi connectivity index (χ4v) is 1.72. The Hall–Kier alpha value is -0.650. The maximum Gasteiger partial charge on any atom is 0.326 e. The van der Waals surface area contributed by atoms with Crippen molar-refractivity contribution in [2.24, 2.45) is 5.73 Å². The van der Waals surface area contributed by atoms with Gasteiger partial charge in [0.2, 0.25) is 0 Å². The van der Waals surface area contributed by atoms with Crippen molar-refractivity contribution in [3.63, 3.8) is 0 Å². The number of carbonyl (C=O) groups excluding carboxylic acids is 1. The molecule has 0 aromatic heterocycles. The maximum atomic E-state index is 11.4. The summed E-state index contributed by atoms with van der Waals surface area (Å²) in [6.45, 7) is 6.46. The van der Waals surface area contributed by atoms with Crippen LogP contribution in [0.15, 0.2) is 0 Å². The van der Waals surface area contributed by atoms with E-state index < -0.39 is 5.54 Å². The number of rotatable bonds is 3. The molecule has 0 bridgehead atoms. The molecule has 0 saturated carbocycles. The summed E-state index contributed by atoms with van der Waals surface area (Å²) in [6.07, 6.45) is 0. The van der Waals surface area contributed by atoms with Crippen LogP contribution >= 0.6 is 0 Å². The van der Waals surface area contributed by atoms with Gasteiger partial charge in [-0.1, -0.05) is 0 Å². The number of hydrogen-bond donors (Lipinski definition) is 1. The summed E-state index contributed by atoms with van der Waals surface area (Å²) in [4.78, 5) is 13.6. The molecule has 1 saturated heterocycles. The maximum absolute atomic E-state index is 11.4. The van der Waals surface area contributed by atoms with E-state index in [9.17, 15) is 4.79 Å². The van der Waals surface area contributed by atoms with Gasteiger partial charge in [0.1, 0.15) is 5.54 Å². The highest BCUT2D eigenvalue weighted by molar-refractivity contribution is 5.80. The van der Waals surface area contributed by atoms with Gasteiger partial charge in [0, 0.05) is 19.1 Å². The first-order valence-electron chi connectivity index (χ1n) is 5.16. The molecule has 1 heterocycles. The number of hydrogen-bond acceptors (Lipinski definition) is 5. The summed E-state index contributed by atoms with van der Waals surface area (Å²) in [7, 11) is 1.36. The summed E-state index contributed by atoms with van der Waals surface area (Å²) in [5, 5.41) is 0. The third-order valence-corrected chi connectivity index (χ3v) is 2.69. The van der Waals surface area contributed by atoms with Crippen LogP contribution in [0.3, 0.4) is 0 Å². The van der Waals surface area contributed by atoms with E-state index in [1.807, 2.05) is 0 Å². The molecule has 1 rings (SSSR count). The highest BCUT2D eigenvalue weighted by atomic mass is 16.5. The van der Waals surface area contributed by atoms with Gasteiger partial charge >= 0.3 is 5.97 Å². The molecule has 2 atom stereocenters. The third kappa shape index (κ3) is 3.15. The monoisotopic (exact) mass is 216 g/mol. The van der Waals surface area contributed by atoms with E-state index in [1.165, 1.54) is 7.11 Å². The molecule has 0 aromatic carbocycles. The Morgan fingerprint density at radius 2 is 2.40 bits per heavy atom. The van der Waals surface area contributed by atoms with Crippen molar-refractivity contribution in [2.45, 2.75) is 25.4 Å². The SMILES string of the molecule is COC(=O)C(C)(N)CN1CCOCC1C. The van der Waals surface area contributed by atoms with Gasteiger partial charge in [-0.3, -0.25) is 9.69 Å². The van der Waals surface area contributed by atoms with E-state index in [0.717, 1.165) is 6.54 Å². The van der Waals surface area contributed by atoms with E-state index in [0.29, 0.717) is 25.8 Å². The lowest BCUT2D eigenvalue weighted by Gasteiger charge is -2.37. The van der Waals surface area contributed by atoms with Crippen LogP contribution in [0.25, 0.3) is 0 Å². The molecule has 2 N–H and O–H groups in total. The van der Waals surface area contributed by atoms with Crippen LogP contribution in [0.2, 0.25) is 0 Å². The predicted molar refractivity (Wildman–Crippen MR) is 56.5 cm³/mol. The van der Waals surface area contributed by atoms with Crippen molar-refractivity contribution < 1.29 is 14.3 Å². The number of ether oxygens (including phenoxy) is 2. The molecule has 0 aromatic rings. The van der Waals surface area contributed by atoms with E-state index in [1.54, 1.807) is 6.92 Å². The van der Waals surface area contributed by atoms with Gasteiger partial charge in [0.25, 0.3) is 0 Å². The summed E-state index contributed by atoms with van der Waals surface area (Å²) in [5.41, 5.74) is 4.96. The van der Waals surface area contributed by atoms with Gasteiger partial charge in [-0.25, -0.2) is 0 Å². The second-order valence-electron chi connectivity index (χ2n) is 4.30. The highest BCUT2D eigenvalue weighted by Crippen LogP contribution is 2.12. The topological polar surface area (TPSA) is 64.8 Å². The summed E-state index contributed by atoms with van der Waals surface area (Å²) in [5.74, 6) is -0.374. The summed E-state index contributed by atoms with van der Waals surface area (Å²) in [6, 6.07) is 0.297. The number of nitrogens with zero attached hydrogens (tertiary/aromatic N) is 1. The number of nitrogens with two attached hydrogens (primary N) is 1. The van der Waals surface area contributed by atoms with Crippen LogP contribution in [-0.2, 0) is 14.3 Å². The van der Waals surface area contributed by atoms with Crippen LogP contribution in [0.5, 0.6) is 0 Å². The Balaban J connectivity index is 2.55. The first kappa shape index (κ1) is 12.4. The molecule has 5 heteroatoms. The zero-order valence-electron chi connectivity index (χ0n) is 9.66. The van der Waals surface area contributed by atoms with Crippen molar-refractivity contribution in [1.29, 1.82) is 0 Å². The molecule has 5 nitrogen and oxygen atoms in total. The lowest BCUT2D eigenvalue weighted by atomic mass is 10.0. The van der Waals surface area contributed by atoms with Crippen molar-refractivity contribution >= 4 is 5.97 Å². The first-order valence-corrected chi connectivity index (χ1v) is 5.16. The number of methoxy groups -OCH3 is 1. The fourth-order valence-electron chi connectivity index (χ4n) is 1.72. The second kappa shape index (κ2) is 4.92. The van der Waals surface area contributed by atoms with E-state index >= 15 is 0 Å². The van der Waals surface area contributed by atoms with Gasteiger partial charge in [0.15, 0.2) is 0 Å². The molecule has 1 aliphatic heterocycles. The molecule has 0 radical (unpaired) electrons. The molecule has 88 valence electrons. The van der Waals surface area contributed by atoms with E-state index in [4.69, 9.17) is 10.5 Å². The molecule has 15 heavy (non-hydrogen) atoms. The summed E-state index contributed by atoms with van der Waals surface area (Å²) < 4.78 is 9.98. The van der Waals surface area contributed by atoms with Gasteiger partial charge in [-0.2, -0.15) is 0 Å². The molecular weight excluding hydrogens is 196 g/mol. The second-order valence-corrected chi connectivity index (χ2v) is 4.30.